The van der Waals surface area contributed by atoms with E-state index in [2.05, 4.69) is 14.1 Å². The van der Waals surface area contributed by atoms with Crippen molar-refractivity contribution in [1.82, 2.24) is 0 Å². The quantitative estimate of drug-likeness (QED) is 0.358. The van der Waals surface area contributed by atoms with E-state index >= 15 is 0 Å². The highest BCUT2D eigenvalue weighted by atomic mass is 127. The maximum absolute atomic E-state index is 14.7. The van der Waals surface area contributed by atoms with Crippen molar-refractivity contribution in [3.8, 4) is 11.1 Å². The Morgan fingerprint density at radius 2 is 1.69 bits per heavy atom. The lowest BCUT2D eigenvalue weighted by Crippen LogP contribution is -3.00. The smallest absolute Gasteiger partial charge is 0.313 e. The first-order valence-electron chi connectivity index (χ1n) is 10.2. The van der Waals surface area contributed by atoms with Crippen LogP contribution in [0.15, 0.2) is 48.5 Å². The van der Waals surface area contributed by atoms with E-state index in [1.54, 1.807) is 13.0 Å². The summed E-state index contributed by atoms with van der Waals surface area (Å²) in [7, 11) is 4.58. The molecule has 3 unspecified atom stereocenters. The Morgan fingerprint density at radius 3 is 2.28 bits per heavy atom. The Balaban J connectivity index is 0.00000240. The molecular formula is C24H29FINO2. The highest BCUT2D eigenvalue weighted by Gasteiger charge is 2.50. The number of fused-ring (bicyclic) bond motifs is 2. The molecule has 2 aromatic rings. The van der Waals surface area contributed by atoms with E-state index in [0.29, 0.717) is 23.2 Å². The molecule has 2 aliphatic heterocycles. The number of halogens is 2. The summed E-state index contributed by atoms with van der Waals surface area (Å²) in [4.78, 5) is 12.7. The van der Waals surface area contributed by atoms with Crippen LogP contribution in [-0.2, 0) is 9.53 Å². The number of rotatable bonds is 4. The Bertz CT molecular complexity index is 854. The van der Waals surface area contributed by atoms with Crippen molar-refractivity contribution < 1.29 is 42.4 Å². The third-order valence-electron chi connectivity index (χ3n) is 7.00. The lowest BCUT2D eigenvalue weighted by atomic mass is 9.95. The van der Waals surface area contributed by atoms with Crippen LogP contribution in [-0.4, -0.2) is 42.7 Å². The molecular weight excluding hydrogens is 480 g/mol. The second kappa shape index (κ2) is 8.72. The lowest BCUT2D eigenvalue weighted by Gasteiger charge is -2.44. The minimum Gasteiger partial charge on any atom is -1.00 e. The van der Waals surface area contributed by atoms with Gasteiger partial charge in [0.05, 0.1) is 32.1 Å². The summed E-state index contributed by atoms with van der Waals surface area (Å²) in [6.45, 7) is 1.80. The molecule has 2 heterocycles. The zero-order chi connectivity index (χ0) is 19.9. The number of carbonyl (C=O) groups is 1. The molecule has 29 heavy (non-hydrogen) atoms. The topological polar surface area (TPSA) is 26.3 Å². The highest BCUT2D eigenvalue weighted by Crippen LogP contribution is 2.41. The average molecular weight is 509 g/mol. The van der Waals surface area contributed by atoms with Crippen LogP contribution in [0.3, 0.4) is 0 Å². The van der Waals surface area contributed by atoms with Crippen molar-refractivity contribution in [3.05, 3.63) is 59.9 Å². The van der Waals surface area contributed by atoms with E-state index in [0.717, 1.165) is 22.9 Å². The molecule has 156 valence electrons. The number of nitrogens with zero attached hydrogens (tertiary/aromatic N) is 1. The van der Waals surface area contributed by atoms with E-state index in [4.69, 9.17) is 4.74 Å². The molecule has 2 aliphatic rings. The summed E-state index contributed by atoms with van der Waals surface area (Å²) in [5.41, 5.74) is 2.05. The first-order chi connectivity index (χ1) is 13.4. The van der Waals surface area contributed by atoms with Gasteiger partial charge in [0, 0.05) is 31.2 Å². The van der Waals surface area contributed by atoms with Crippen LogP contribution in [0.1, 0.15) is 44.1 Å². The fourth-order valence-corrected chi connectivity index (χ4v) is 4.98. The first-order valence-corrected chi connectivity index (χ1v) is 10.2. The van der Waals surface area contributed by atoms with Gasteiger partial charge in [-0.25, -0.2) is 4.39 Å². The third-order valence-corrected chi connectivity index (χ3v) is 7.00. The van der Waals surface area contributed by atoms with Gasteiger partial charge in [-0.05, 0) is 24.1 Å². The summed E-state index contributed by atoms with van der Waals surface area (Å²) in [6.07, 6.45) is 4.29. The number of esters is 1. The zero-order valence-corrected chi connectivity index (χ0v) is 19.4. The lowest BCUT2D eigenvalue weighted by molar-refractivity contribution is -0.931. The molecule has 5 heteroatoms. The van der Waals surface area contributed by atoms with E-state index in [1.165, 1.54) is 18.9 Å². The predicted molar refractivity (Wildman–Crippen MR) is 108 cm³/mol. The van der Waals surface area contributed by atoms with E-state index in [1.807, 2.05) is 36.4 Å². The van der Waals surface area contributed by atoms with Crippen LogP contribution in [0.5, 0.6) is 0 Å². The molecule has 0 spiro atoms. The molecule has 0 radical (unpaired) electrons. The Kier molecular flexibility index (Phi) is 6.68. The van der Waals surface area contributed by atoms with Gasteiger partial charge >= 0.3 is 5.97 Å². The third kappa shape index (κ3) is 4.36. The standard InChI is InChI=1S/C24H29FNO2.HI/c1-16(18-9-12-22(23(25)13-18)17-7-5-4-6-8-17)24(27)28-21-14-19-10-11-20(15-21)26(19,2)3;/h4-9,12-13,16,19-21H,10-11,14-15H2,1-3H3;1H/q+1;/p-1. The largest absolute Gasteiger partial charge is 1.00 e. The average Bonchev–Trinajstić information content (AvgIpc) is 2.85. The molecule has 0 amide bonds. The number of benzene rings is 2. The molecule has 2 saturated heterocycles. The van der Waals surface area contributed by atoms with Crippen molar-refractivity contribution >= 4 is 5.97 Å². The van der Waals surface area contributed by atoms with Gasteiger partial charge in [0.1, 0.15) is 11.9 Å². The highest BCUT2D eigenvalue weighted by molar-refractivity contribution is 5.78. The molecule has 2 aromatic carbocycles. The molecule has 3 atom stereocenters. The fourth-order valence-electron chi connectivity index (χ4n) is 4.98. The maximum atomic E-state index is 14.7. The summed E-state index contributed by atoms with van der Waals surface area (Å²) in [6, 6.07) is 15.7. The van der Waals surface area contributed by atoms with Gasteiger partial charge in [-0.1, -0.05) is 42.5 Å². The van der Waals surface area contributed by atoms with E-state index in [9.17, 15) is 9.18 Å². The Hall–Kier alpha value is -1.47. The summed E-state index contributed by atoms with van der Waals surface area (Å²) in [5, 5.41) is 0. The van der Waals surface area contributed by atoms with Crippen LogP contribution in [0, 0.1) is 5.82 Å². The molecule has 2 bridgehead atoms. The zero-order valence-electron chi connectivity index (χ0n) is 17.3. The van der Waals surface area contributed by atoms with Crippen LogP contribution < -0.4 is 24.0 Å². The number of piperidine rings is 1. The second-order valence-corrected chi connectivity index (χ2v) is 8.87. The Morgan fingerprint density at radius 1 is 1.07 bits per heavy atom. The predicted octanol–water partition coefficient (Wildman–Crippen LogP) is 1.91. The molecule has 0 saturated carbocycles. The Labute approximate surface area is 189 Å². The summed E-state index contributed by atoms with van der Waals surface area (Å²) < 4.78 is 21.6. The minimum atomic E-state index is -0.471. The minimum absolute atomic E-state index is 0. The van der Waals surface area contributed by atoms with Gasteiger partial charge in [0.25, 0.3) is 0 Å². The van der Waals surface area contributed by atoms with Crippen LogP contribution >= 0.6 is 0 Å². The molecule has 2 fully saturated rings. The number of hydrogen-bond donors (Lipinski definition) is 0. The van der Waals surface area contributed by atoms with Gasteiger partial charge in [0.2, 0.25) is 0 Å². The molecule has 0 aliphatic carbocycles. The van der Waals surface area contributed by atoms with Crippen LogP contribution in [0.4, 0.5) is 4.39 Å². The van der Waals surface area contributed by atoms with Gasteiger partial charge in [-0.3, -0.25) is 4.79 Å². The SMILES string of the molecule is CC(C(=O)OC1CC2CCC(C1)[N+]2(C)C)c1ccc(-c2ccccc2)c(F)c1.[I-]. The van der Waals surface area contributed by atoms with Crippen molar-refractivity contribution in [3.63, 3.8) is 0 Å². The van der Waals surface area contributed by atoms with Crippen molar-refractivity contribution in [2.75, 3.05) is 14.1 Å². The van der Waals surface area contributed by atoms with E-state index in [-0.39, 0.29) is 41.9 Å². The van der Waals surface area contributed by atoms with Gasteiger partial charge in [0.15, 0.2) is 0 Å². The molecule has 0 N–H and O–H groups in total. The second-order valence-electron chi connectivity index (χ2n) is 8.87. The number of hydrogen-bond acceptors (Lipinski definition) is 2. The monoisotopic (exact) mass is 509 g/mol. The number of quaternary nitrogens is 1. The normalized spacial score (nSPS) is 25.7. The van der Waals surface area contributed by atoms with Crippen molar-refractivity contribution in [2.24, 2.45) is 0 Å². The number of carbonyl (C=O) groups excluding carboxylic acids is 1. The maximum Gasteiger partial charge on any atom is 0.313 e. The molecule has 0 aromatic heterocycles. The first kappa shape index (κ1) is 22.2. The summed E-state index contributed by atoms with van der Waals surface area (Å²) >= 11 is 0. The van der Waals surface area contributed by atoms with Gasteiger partial charge in [-0.15, -0.1) is 0 Å². The molecule has 3 nitrogen and oxygen atoms in total. The van der Waals surface area contributed by atoms with Crippen LogP contribution in [0.25, 0.3) is 11.1 Å². The van der Waals surface area contributed by atoms with Crippen LogP contribution in [0.2, 0.25) is 0 Å². The fraction of sp³-hybridized carbons (Fsp3) is 0.458. The van der Waals surface area contributed by atoms with Crippen molar-refractivity contribution in [2.45, 2.75) is 56.7 Å². The van der Waals surface area contributed by atoms with Gasteiger partial charge < -0.3 is 33.2 Å². The van der Waals surface area contributed by atoms with E-state index < -0.39 is 5.92 Å². The summed E-state index contributed by atoms with van der Waals surface area (Å²) in [5.74, 6) is -1.03. The van der Waals surface area contributed by atoms with Gasteiger partial charge in [-0.2, -0.15) is 0 Å². The molecule has 4 rings (SSSR count). The number of ether oxygens (including phenoxy) is 1. The van der Waals surface area contributed by atoms with Crippen molar-refractivity contribution in [1.29, 1.82) is 0 Å².